The highest BCUT2D eigenvalue weighted by molar-refractivity contribution is 14.1. The lowest BCUT2D eigenvalue weighted by molar-refractivity contribution is -0.138. The highest BCUT2D eigenvalue weighted by Gasteiger charge is 2.36. The van der Waals surface area contributed by atoms with Crippen LogP contribution in [0.3, 0.4) is 0 Å². The summed E-state index contributed by atoms with van der Waals surface area (Å²) in [6.45, 7) is 11.5. The van der Waals surface area contributed by atoms with Crippen molar-refractivity contribution in [3.05, 3.63) is 41.1 Å². The molecule has 3 atom stereocenters. The van der Waals surface area contributed by atoms with Gasteiger partial charge in [-0.3, -0.25) is 28.2 Å². The summed E-state index contributed by atoms with van der Waals surface area (Å²) in [7, 11) is 0. The van der Waals surface area contributed by atoms with Crippen molar-refractivity contribution < 1.29 is 61.8 Å². The minimum Gasteiger partial charge on any atom is -0.491 e. The van der Waals surface area contributed by atoms with Crippen LogP contribution in [0.25, 0.3) is 0 Å². The first-order valence-electron chi connectivity index (χ1n) is 23.6. The number of nitrogens with zero attached hydrogens (tertiary/aromatic N) is 2. The average molecular weight is 1170 g/mol. The molecule has 2 aliphatic heterocycles. The van der Waals surface area contributed by atoms with Gasteiger partial charge in [0.15, 0.2) is 0 Å². The van der Waals surface area contributed by atoms with Crippen LogP contribution in [0.4, 0.5) is 4.79 Å². The first-order chi connectivity index (χ1) is 32.8. The van der Waals surface area contributed by atoms with Gasteiger partial charge in [0.1, 0.15) is 18.5 Å². The summed E-state index contributed by atoms with van der Waals surface area (Å²) in [6.07, 6.45) is 6.17. The first-order valence-corrected chi connectivity index (χ1v) is 25.9. The van der Waals surface area contributed by atoms with Crippen LogP contribution in [0.1, 0.15) is 76.7 Å². The topological polar surface area (TPSA) is 215 Å². The van der Waals surface area contributed by atoms with Gasteiger partial charge in [-0.15, -0.1) is 0 Å². The summed E-state index contributed by atoms with van der Waals surface area (Å²) < 4.78 is 53.4. The molecule has 3 unspecified atom stereocenters. The zero-order valence-electron chi connectivity index (χ0n) is 39.0. The Kier molecular flexibility index (Phi) is 30.0. The fourth-order valence-corrected chi connectivity index (χ4v) is 8.51. The van der Waals surface area contributed by atoms with Crippen molar-refractivity contribution in [1.82, 2.24) is 24.5 Å². The molecule has 1 aromatic rings. The standard InChI is InChI=1S/C46H72I2N6O13/c1-35-39-13-12-38(67-46(58)50-16-4-20-60-23-26-62-25-22-59-19-3-15-49-42(55)14-18-54-43(56)34-41(47)45(54)57)6-2-7-40(39)44(53-52-35)36-8-10-37(11-9-36)66-33-32-65-31-30-64-29-28-63-27-24-61-21-5-17-51-48/h8-11,38,40-41,51-52H,2-7,12-34H2,1H3,(H,49,55)(H,50,58). The third-order valence-electron chi connectivity index (χ3n) is 10.9. The minimum atomic E-state index is -0.405. The third kappa shape index (κ3) is 23.6. The van der Waals surface area contributed by atoms with Crippen molar-refractivity contribution in [1.29, 1.82) is 0 Å². The van der Waals surface area contributed by atoms with Gasteiger partial charge in [-0.05, 0) is 93.7 Å². The highest BCUT2D eigenvalue weighted by Crippen LogP contribution is 2.35. The van der Waals surface area contributed by atoms with Crippen LogP contribution in [0.15, 0.2) is 40.6 Å². The number of hydrogen-bond donors (Lipinski definition) is 4. The molecule has 378 valence electrons. The second-order valence-electron chi connectivity index (χ2n) is 16.0. The summed E-state index contributed by atoms with van der Waals surface area (Å²) in [4.78, 5) is 49.6. The lowest BCUT2D eigenvalue weighted by Gasteiger charge is -2.32. The van der Waals surface area contributed by atoms with Crippen molar-refractivity contribution in [2.75, 3.05) is 125 Å². The Hall–Kier alpha value is -2.75. The number of alkyl halides is 1. The normalized spacial score (nSPS) is 18.5. The molecule has 1 aromatic carbocycles. The molecule has 1 saturated heterocycles. The molecule has 0 spiro atoms. The van der Waals surface area contributed by atoms with Gasteiger partial charge in [-0.2, -0.15) is 5.10 Å². The number of carbonyl (C=O) groups is 4. The predicted octanol–water partition coefficient (Wildman–Crippen LogP) is 4.62. The summed E-state index contributed by atoms with van der Waals surface area (Å²) in [6, 6.07) is 8.05. The average Bonchev–Trinajstić information content (AvgIpc) is 3.56. The van der Waals surface area contributed by atoms with Gasteiger partial charge in [0.25, 0.3) is 0 Å². The Labute approximate surface area is 423 Å². The number of halogens is 2. The van der Waals surface area contributed by atoms with E-state index in [0.717, 1.165) is 79.3 Å². The van der Waals surface area contributed by atoms with Crippen LogP contribution in [0, 0.1) is 5.92 Å². The van der Waals surface area contributed by atoms with Crippen LogP contribution < -0.4 is 24.3 Å². The van der Waals surface area contributed by atoms with Gasteiger partial charge >= 0.3 is 6.09 Å². The maximum Gasteiger partial charge on any atom is 0.407 e. The van der Waals surface area contributed by atoms with Crippen LogP contribution >= 0.6 is 45.5 Å². The lowest BCUT2D eigenvalue weighted by Crippen LogP contribution is -2.35. The molecule has 0 radical (unpaired) electrons. The van der Waals surface area contributed by atoms with Gasteiger partial charge < -0.3 is 53.3 Å². The second kappa shape index (κ2) is 35.4. The number of allylic oxidation sites excluding steroid dienone is 2. The van der Waals surface area contributed by atoms with Crippen molar-refractivity contribution in [2.24, 2.45) is 11.0 Å². The Morgan fingerprint density at radius 2 is 1.28 bits per heavy atom. The Bertz CT molecular complexity index is 1660. The van der Waals surface area contributed by atoms with Crippen LogP contribution in [0.2, 0.25) is 0 Å². The number of fused-ring (bicyclic) bond motifs is 1. The Balaban J connectivity index is 0.950. The molecular weight excluding hydrogens is 1100 g/mol. The van der Waals surface area contributed by atoms with Crippen molar-refractivity contribution in [2.45, 2.75) is 81.2 Å². The number of imide groups is 1. The number of hydrogen-bond acceptors (Lipinski definition) is 16. The van der Waals surface area contributed by atoms with E-state index < -0.39 is 6.09 Å². The number of ether oxygens (including phenoxy) is 9. The molecule has 21 heteroatoms. The second-order valence-corrected chi connectivity index (χ2v) is 18.3. The number of carbonyl (C=O) groups excluding carboxylic acids is 4. The molecule has 4 amide bonds. The minimum absolute atomic E-state index is 0.0951. The first kappa shape index (κ1) is 56.8. The number of likely N-dealkylation sites (tertiary alicyclic amines) is 1. The van der Waals surface area contributed by atoms with Crippen molar-refractivity contribution in [3.8, 4) is 5.75 Å². The molecule has 2 heterocycles. The highest BCUT2D eigenvalue weighted by atomic mass is 127. The lowest BCUT2D eigenvalue weighted by atomic mass is 9.79. The number of nitrogens with one attached hydrogen (secondary N) is 4. The molecule has 0 bridgehead atoms. The van der Waals surface area contributed by atoms with Gasteiger partial charge in [-0.25, -0.2) is 4.79 Å². The number of hydrazone groups is 1. The molecular formula is C46H72I2N6O13. The zero-order chi connectivity index (χ0) is 47.7. The Morgan fingerprint density at radius 3 is 1.85 bits per heavy atom. The van der Waals surface area contributed by atoms with E-state index in [0.29, 0.717) is 118 Å². The van der Waals surface area contributed by atoms with Crippen LogP contribution in [-0.2, 0) is 52.3 Å². The number of rotatable bonds is 36. The molecule has 67 heavy (non-hydrogen) atoms. The maximum atomic E-state index is 12.7. The molecule has 1 saturated carbocycles. The van der Waals surface area contributed by atoms with Crippen LogP contribution in [-0.4, -0.2) is 170 Å². The fourth-order valence-electron chi connectivity index (χ4n) is 7.41. The molecule has 1 aliphatic carbocycles. The van der Waals surface area contributed by atoms with E-state index in [4.69, 9.17) is 47.7 Å². The fraction of sp³-hybridized carbons (Fsp3) is 0.717. The maximum absolute atomic E-state index is 12.7. The molecule has 0 aromatic heterocycles. The van der Waals surface area contributed by atoms with Gasteiger partial charge in [0.2, 0.25) is 17.7 Å². The molecule has 4 N–H and O–H groups in total. The van der Waals surface area contributed by atoms with E-state index in [9.17, 15) is 19.2 Å². The van der Waals surface area contributed by atoms with E-state index in [2.05, 4.69) is 61.5 Å². The van der Waals surface area contributed by atoms with E-state index in [-0.39, 0.29) is 53.1 Å². The van der Waals surface area contributed by atoms with Crippen molar-refractivity contribution >= 4 is 75.0 Å². The monoisotopic (exact) mass is 1170 g/mol. The van der Waals surface area contributed by atoms with E-state index >= 15 is 0 Å². The summed E-state index contributed by atoms with van der Waals surface area (Å²) in [5.74, 6) is 0.320. The Morgan fingerprint density at radius 1 is 0.731 bits per heavy atom. The van der Waals surface area contributed by atoms with Crippen LogP contribution in [0.5, 0.6) is 5.75 Å². The predicted molar refractivity (Wildman–Crippen MR) is 268 cm³/mol. The van der Waals surface area contributed by atoms with Gasteiger partial charge in [-0.1, -0.05) is 22.6 Å². The summed E-state index contributed by atoms with van der Waals surface area (Å²) >= 11 is 4.08. The zero-order valence-corrected chi connectivity index (χ0v) is 43.3. The molecule has 4 rings (SSSR count). The van der Waals surface area contributed by atoms with Gasteiger partial charge in [0.05, 0.1) is 82.3 Å². The van der Waals surface area contributed by atoms with E-state index in [1.165, 1.54) is 5.57 Å². The number of alkyl carbamates (subject to hydrolysis) is 1. The SMILES string of the molecule is CC1=C2CCC(OC(=O)NCCCOCCOCCOCCCNC(=O)CCN3C(=O)CC(I)C3=O)CCCC2C(c2ccc(OCCOCCOCCOCCOCCCNI)cc2)=NN1. The van der Waals surface area contributed by atoms with E-state index in [1.54, 1.807) is 0 Å². The summed E-state index contributed by atoms with van der Waals surface area (Å²) in [5.41, 5.74) is 7.68. The largest absolute Gasteiger partial charge is 0.491 e. The smallest absolute Gasteiger partial charge is 0.407 e. The molecule has 3 aliphatic rings. The summed E-state index contributed by atoms with van der Waals surface area (Å²) in [5, 5.41) is 10.4. The van der Waals surface area contributed by atoms with Crippen molar-refractivity contribution in [3.63, 3.8) is 0 Å². The number of benzene rings is 1. The molecule has 19 nitrogen and oxygen atoms in total. The quantitative estimate of drug-likeness (QED) is 0.0237. The molecule has 2 fully saturated rings. The third-order valence-corrected chi connectivity index (χ3v) is 12.5. The van der Waals surface area contributed by atoms with Gasteiger partial charge in [0, 0.05) is 93.3 Å². The van der Waals surface area contributed by atoms with E-state index in [1.807, 2.05) is 34.7 Å². The number of amides is 4.